The standard InChI is InChI=1S/C40H67NO4/c1-26(2)27-15-21-40(18-12-24-41(10)11)23-22-38(8)28(33(27)40)13-14-30-37(7)19-17-31(45-32(42)25-35(3,4)34(43)44)36(5,6)29(37)16-20-39(30,38)9/h27-31,33H,1,12-25H2,2-11H3,(H,43,44)/t27-,28+,29-,30+,31-,33+,37-,38+,39+,40+/m0/s1. The zero-order chi connectivity index (χ0) is 33.4. The van der Waals surface area contributed by atoms with E-state index in [1.165, 1.54) is 76.3 Å². The Balaban J connectivity index is 1.40. The average Bonchev–Trinajstić information content (AvgIpc) is 3.30. The smallest absolute Gasteiger partial charge is 0.309 e. The Bertz CT molecular complexity index is 1170. The molecule has 0 unspecified atom stereocenters. The molecule has 0 heterocycles. The molecule has 5 heteroatoms. The molecule has 0 spiro atoms. The van der Waals surface area contributed by atoms with Crippen LogP contribution >= 0.6 is 0 Å². The number of allylic oxidation sites excluding steroid dienone is 1. The molecule has 0 bridgehead atoms. The molecule has 5 rings (SSSR count). The zero-order valence-electron chi connectivity index (χ0n) is 30.7. The fraction of sp³-hybridized carbons (Fsp3) is 0.900. The van der Waals surface area contributed by atoms with Crippen molar-refractivity contribution in [1.82, 2.24) is 4.90 Å². The molecule has 5 aliphatic rings. The van der Waals surface area contributed by atoms with Crippen molar-refractivity contribution < 1.29 is 19.4 Å². The maximum absolute atomic E-state index is 13.0. The fourth-order valence-electron chi connectivity index (χ4n) is 13.3. The SMILES string of the molecule is C=C(C)[C@@H]1CC[C@]2(CCCN(C)C)CC[C@]3(C)[C@H](CC[C@@H]4[C@@]5(C)CC[C@H](OC(=O)CC(C)(C)C(=O)O)C(C)(C)[C@@H]5CC[C@]43C)[C@@H]12. The monoisotopic (exact) mass is 626 g/mol. The number of rotatable bonds is 9. The van der Waals surface area contributed by atoms with E-state index in [4.69, 9.17) is 4.74 Å². The number of fused-ring (bicyclic) bond motifs is 7. The third-order valence-corrected chi connectivity index (χ3v) is 15.9. The molecule has 45 heavy (non-hydrogen) atoms. The van der Waals surface area contributed by atoms with Gasteiger partial charge in [0, 0.05) is 5.41 Å². The van der Waals surface area contributed by atoms with Gasteiger partial charge < -0.3 is 14.7 Å². The summed E-state index contributed by atoms with van der Waals surface area (Å²) in [5.74, 6) is 2.09. The minimum Gasteiger partial charge on any atom is -0.481 e. The van der Waals surface area contributed by atoms with Gasteiger partial charge in [-0.2, -0.15) is 0 Å². The first-order valence-electron chi connectivity index (χ1n) is 18.5. The first-order chi connectivity index (χ1) is 20.7. The summed E-state index contributed by atoms with van der Waals surface area (Å²) in [5, 5.41) is 9.57. The molecule has 1 N–H and O–H groups in total. The van der Waals surface area contributed by atoms with E-state index in [9.17, 15) is 14.7 Å². The number of carboxylic acids is 1. The molecule has 0 radical (unpaired) electrons. The molecule has 256 valence electrons. The Labute approximate surface area is 275 Å². The number of carbonyl (C=O) groups is 2. The summed E-state index contributed by atoms with van der Waals surface area (Å²) in [6.07, 6.45) is 15.0. The predicted molar refractivity (Wildman–Crippen MR) is 183 cm³/mol. The second kappa shape index (κ2) is 11.7. The molecule has 5 saturated carbocycles. The molecule has 0 aromatic rings. The summed E-state index contributed by atoms with van der Waals surface area (Å²) in [5.41, 5.74) is 1.54. The minimum absolute atomic E-state index is 0.0831. The lowest BCUT2D eigenvalue weighted by Crippen LogP contribution is -2.66. The summed E-state index contributed by atoms with van der Waals surface area (Å²) >= 11 is 0. The normalized spacial score (nSPS) is 43.9. The molecule has 5 nitrogen and oxygen atoms in total. The van der Waals surface area contributed by atoms with Crippen LogP contribution in [-0.4, -0.2) is 48.7 Å². The Kier molecular flexibility index (Phi) is 9.06. The lowest BCUT2D eigenvalue weighted by molar-refractivity contribution is -0.250. The molecule has 0 aromatic heterocycles. The molecule has 0 aromatic carbocycles. The van der Waals surface area contributed by atoms with E-state index in [0.717, 1.165) is 24.7 Å². The highest BCUT2D eigenvalue weighted by molar-refractivity contribution is 5.81. The van der Waals surface area contributed by atoms with Crippen LogP contribution in [0.1, 0.15) is 139 Å². The number of nitrogens with zero attached hydrogens (tertiary/aromatic N) is 1. The van der Waals surface area contributed by atoms with Crippen molar-refractivity contribution in [3.05, 3.63) is 12.2 Å². The van der Waals surface area contributed by atoms with Gasteiger partial charge in [0.05, 0.1) is 11.8 Å². The van der Waals surface area contributed by atoms with Gasteiger partial charge in [-0.1, -0.05) is 46.8 Å². The Morgan fingerprint density at radius 1 is 0.889 bits per heavy atom. The lowest BCUT2D eigenvalue weighted by atomic mass is 9.32. The third-order valence-electron chi connectivity index (χ3n) is 15.9. The van der Waals surface area contributed by atoms with Crippen LogP contribution in [0.4, 0.5) is 0 Å². The largest absolute Gasteiger partial charge is 0.481 e. The van der Waals surface area contributed by atoms with Gasteiger partial charge in [0.2, 0.25) is 0 Å². The second-order valence-corrected chi connectivity index (χ2v) is 19.2. The Hall–Kier alpha value is -1.36. The van der Waals surface area contributed by atoms with E-state index in [1.807, 2.05) is 0 Å². The van der Waals surface area contributed by atoms with Crippen LogP contribution in [0.5, 0.6) is 0 Å². The average molecular weight is 626 g/mol. The van der Waals surface area contributed by atoms with Crippen molar-refractivity contribution in [1.29, 1.82) is 0 Å². The number of carboxylic acid groups (broad SMARTS) is 1. The van der Waals surface area contributed by atoms with Crippen LogP contribution in [0.3, 0.4) is 0 Å². The summed E-state index contributed by atoms with van der Waals surface area (Å²) in [6.45, 7) is 24.1. The maximum atomic E-state index is 13.0. The highest BCUT2D eigenvalue weighted by atomic mass is 16.5. The summed E-state index contributed by atoms with van der Waals surface area (Å²) < 4.78 is 6.18. The van der Waals surface area contributed by atoms with Crippen LogP contribution in [-0.2, 0) is 14.3 Å². The minimum atomic E-state index is -1.11. The highest BCUT2D eigenvalue weighted by Gasteiger charge is 2.71. The lowest BCUT2D eigenvalue weighted by Gasteiger charge is -2.73. The summed E-state index contributed by atoms with van der Waals surface area (Å²) in [4.78, 5) is 27.1. The van der Waals surface area contributed by atoms with Crippen LogP contribution < -0.4 is 0 Å². The molecule has 0 saturated heterocycles. The first-order valence-corrected chi connectivity index (χ1v) is 18.5. The van der Waals surface area contributed by atoms with Crippen molar-refractivity contribution in [3.8, 4) is 0 Å². The molecule has 5 aliphatic carbocycles. The van der Waals surface area contributed by atoms with E-state index >= 15 is 0 Å². The third kappa shape index (κ3) is 5.45. The fourth-order valence-corrected chi connectivity index (χ4v) is 13.3. The molecule has 5 fully saturated rings. The van der Waals surface area contributed by atoms with Gasteiger partial charge in [-0.3, -0.25) is 9.59 Å². The predicted octanol–water partition coefficient (Wildman–Crippen LogP) is 9.40. The van der Waals surface area contributed by atoms with Gasteiger partial charge in [-0.15, -0.1) is 0 Å². The topological polar surface area (TPSA) is 66.8 Å². The van der Waals surface area contributed by atoms with Crippen molar-refractivity contribution in [2.75, 3.05) is 20.6 Å². The highest BCUT2D eigenvalue weighted by Crippen LogP contribution is 2.78. The molecule has 0 aliphatic heterocycles. The molecular weight excluding hydrogens is 558 g/mol. The Morgan fingerprint density at radius 2 is 1.58 bits per heavy atom. The van der Waals surface area contributed by atoms with Crippen LogP contribution in [0.15, 0.2) is 12.2 Å². The number of esters is 1. The second-order valence-electron chi connectivity index (χ2n) is 19.2. The van der Waals surface area contributed by atoms with Gasteiger partial charge in [0.1, 0.15) is 6.10 Å². The number of ether oxygens (including phenoxy) is 1. The maximum Gasteiger partial charge on any atom is 0.309 e. The van der Waals surface area contributed by atoms with E-state index < -0.39 is 11.4 Å². The first kappa shape index (κ1) is 35.0. The zero-order valence-corrected chi connectivity index (χ0v) is 30.7. The quantitative estimate of drug-likeness (QED) is 0.204. The van der Waals surface area contributed by atoms with Gasteiger partial charge in [-0.05, 0) is 170 Å². The molecular formula is C40H67NO4. The van der Waals surface area contributed by atoms with E-state index in [1.54, 1.807) is 13.8 Å². The molecule has 0 amide bonds. The van der Waals surface area contributed by atoms with Gasteiger partial charge in [0.25, 0.3) is 0 Å². The summed E-state index contributed by atoms with van der Waals surface area (Å²) in [7, 11) is 4.44. The van der Waals surface area contributed by atoms with Crippen molar-refractivity contribution in [2.45, 2.75) is 145 Å². The van der Waals surface area contributed by atoms with Crippen molar-refractivity contribution in [2.24, 2.45) is 62.1 Å². The van der Waals surface area contributed by atoms with Gasteiger partial charge >= 0.3 is 11.9 Å². The summed E-state index contributed by atoms with van der Waals surface area (Å²) in [6, 6.07) is 0. The number of hydrogen-bond donors (Lipinski definition) is 1. The van der Waals surface area contributed by atoms with E-state index in [0.29, 0.717) is 34.0 Å². The van der Waals surface area contributed by atoms with Crippen molar-refractivity contribution in [3.63, 3.8) is 0 Å². The van der Waals surface area contributed by atoms with Crippen LogP contribution in [0.2, 0.25) is 0 Å². The number of aliphatic carboxylic acids is 1. The van der Waals surface area contributed by atoms with Crippen LogP contribution in [0.25, 0.3) is 0 Å². The van der Waals surface area contributed by atoms with Gasteiger partial charge in [0.15, 0.2) is 0 Å². The van der Waals surface area contributed by atoms with Crippen LogP contribution in [0, 0.1) is 62.1 Å². The molecule has 10 atom stereocenters. The number of hydrogen-bond acceptors (Lipinski definition) is 4. The van der Waals surface area contributed by atoms with E-state index in [2.05, 4.69) is 67.1 Å². The Morgan fingerprint density at radius 3 is 2.20 bits per heavy atom. The van der Waals surface area contributed by atoms with Gasteiger partial charge in [-0.25, -0.2) is 0 Å². The van der Waals surface area contributed by atoms with E-state index in [-0.39, 0.29) is 29.3 Å². The van der Waals surface area contributed by atoms with Crippen molar-refractivity contribution >= 4 is 11.9 Å². The number of carbonyl (C=O) groups excluding carboxylic acids is 1.